The molecular weight excluding hydrogens is 292 g/mol. The van der Waals surface area contributed by atoms with E-state index in [1.165, 1.54) is 0 Å². The van der Waals surface area contributed by atoms with Gasteiger partial charge in [-0.3, -0.25) is 0 Å². The number of aromatic nitrogens is 1. The van der Waals surface area contributed by atoms with Crippen molar-refractivity contribution in [2.75, 3.05) is 0 Å². The molecule has 0 radical (unpaired) electrons. The van der Waals surface area contributed by atoms with Gasteiger partial charge in [0.15, 0.2) is 11.5 Å². The minimum Gasteiger partial charge on any atom is -0.238 e. The van der Waals surface area contributed by atoms with Gasteiger partial charge in [-0.2, -0.15) is 13.2 Å². The molecule has 0 spiro atoms. The van der Waals surface area contributed by atoms with Crippen LogP contribution in [0, 0.1) is 5.82 Å². The maximum absolute atomic E-state index is 12.7. The Labute approximate surface area is 88.2 Å². The van der Waals surface area contributed by atoms with Crippen molar-refractivity contribution >= 4 is 15.9 Å². The van der Waals surface area contributed by atoms with Crippen LogP contribution in [0.3, 0.4) is 0 Å². The molecule has 1 aromatic heterocycles. The smallest absolute Gasteiger partial charge is 0.238 e. The first-order chi connectivity index (χ1) is 6.73. The minimum atomic E-state index is -5.09. The van der Waals surface area contributed by atoms with E-state index >= 15 is 0 Å². The molecule has 1 heterocycles. The van der Waals surface area contributed by atoms with Crippen LogP contribution in [-0.4, -0.2) is 4.98 Å². The van der Waals surface area contributed by atoms with Crippen LogP contribution in [-0.2, 0) is 6.18 Å². The average molecular weight is 294 g/mol. The van der Waals surface area contributed by atoms with Crippen molar-refractivity contribution in [1.82, 2.24) is 4.98 Å². The summed E-state index contributed by atoms with van der Waals surface area (Å²) in [6.07, 6.45) is -8.30. The molecule has 15 heavy (non-hydrogen) atoms. The van der Waals surface area contributed by atoms with Crippen molar-refractivity contribution in [1.29, 1.82) is 0 Å². The Morgan fingerprint density at radius 3 is 2.20 bits per heavy atom. The lowest BCUT2D eigenvalue weighted by molar-refractivity contribution is -0.144. The lowest BCUT2D eigenvalue weighted by atomic mass is 10.3. The van der Waals surface area contributed by atoms with E-state index in [-0.39, 0.29) is 0 Å². The molecule has 0 N–H and O–H groups in total. The monoisotopic (exact) mass is 293 g/mol. The highest BCUT2D eigenvalue weighted by Crippen LogP contribution is 2.34. The van der Waals surface area contributed by atoms with E-state index in [4.69, 9.17) is 0 Å². The van der Waals surface area contributed by atoms with Gasteiger partial charge in [0.2, 0.25) is 0 Å². The molecule has 0 aromatic carbocycles. The van der Waals surface area contributed by atoms with Gasteiger partial charge in [-0.1, -0.05) is 0 Å². The van der Waals surface area contributed by atoms with E-state index in [1.807, 2.05) is 0 Å². The summed E-state index contributed by atoms with van der Waals surface area (Å²) in [5.41, 5.74) is -3.08. The van der Waals surface area contributed by atoms with Gasteiger partial charge in [-0.15, -0.1) is 0 Å². The predicted octanol–water partition coefficient (Wildman–Crippen LogP) is 3.94. The second-order valence-corrected chi connectivity index (χ2v) is 3.34. The van der Waals surface area contributed by atoms with Gasteiger partial charge in [0.25, 0.3) is 6.43 Å². The number of rotatable bonds is 1. The molecule has 84 valence electrons. The van der Waals surface area contributed by atoms with Crippen molar-refractivity contribution in [3.05, 3.63) is 27.7 Å². The van der Waals surface area contributed by atoms with Gasteiger partial charge in [0.1, 0.15) is 5.69 Å². The zero-order valence-corrected chi connectivity index (χ0v) is 8.33. The summed E-state index contributed by atoms with van der Waals surface area (Å²) in [5.74, 6) is -1.70. The zero-order valence-electron chi connectivity index (χ0n) is 6.75. The van der Waals surface area contributed by atoms with E-state index in [1.54, 1.807) is 0 Å². The van der Waals surface area contributed by atoms with Crippen molar-refractivity contribution in [3.63, 3.8) is 0 Å². The van der Waals surface area contributed by atoms with Crippen LogP contribution in [0.5, 0.6) is 0 Å². The molecule has 1 aromatic rings. The molecule has 0 aliphatic heterocycles. The molecule has 0 fully saturated rings. The maximum atomic E-state index is 12.7. The highest BCUT2D eigenvalue weighted by molar-refractivity contribution is 9.10. The molecule has 0 saturated carbocycles. The number of nitrogens with zero attached hydrogens (tertiary/aromatic N) is 1. The first-order valence-corrected chi connectivity index (χ1v) is 4.24. The van der Waals surface area contributed by atoms with Crippen LogP contribution < -0.4 is 0 Å². The third-order valence-electron chi connectivity index (χ3n) is 1.43. The van der Waals surface area contributed by atoms with E-state index in [2.05, 4.69) is 20.9 Å². The molecule has 0 aliphatic carbocycles. The molecule has 0 unspecified atom stereocenters. The highest BCUT2D eigenvalue weighted by Gasteiger charge is 2.37. The fraction of sp³-hybridized carbons (Fsp3) is 0.286. The largest absolute Gasteiger partial charge is 0.436 e. The Kier molecular flexibility index (Phi) is 3.27. The van der Waals surface area contributed by atoms with Crippen LogP contribution in [0.4, 0.5) is 26.3 Å². The summed E-state index contributed by atoms with van der Waals surface area (Å²) >= 11 is 2.50. The maximum Gasteiger partial charge on any atom is 0.436 e. The second-order valence-electron chi connectivity index (χ2n) is 2.48. The van der Waals surface area contributed by atoms with Gasteiger partial charge in [-0.25, -0.2) is 18.2 Å². The second kappa shape index (κ2) is 3.99. The quantitative estimate of drug-likeness (QED) is 0.715. The van der Waals surface area contributed by atoms with Crippen molar-refractivity contribution < 1.29 is 26.3 Å². The van der Waals surface area contributed by atoms with E-state index in [0.717, 1.165) is 0 Å². The summed E-state index contributed by atoms with van der Waals surface area (Å²) in [4.78, 5) is 2.55. The Hall–Kier alpha value is -0.790. The molecular formula is C7H2BrF6N. The summed E-state index contributed by atoms with van der Waals surface area (Å²) < 4.78 is 72.7. The van der Waals surface area contributed by atoms with Crippen LogP contribution >= 0.6 is 15.9 Å². The Morgan fingerprint density at radius 1 is 1.27 bits per heavy atom. The van der Waals surface area contributed by atoms with E-state index in [9.17, 15) is 26.3 Å². The van der Waals surface area contributed by atoms with Crippen LogP contribution in [0.2, 0.25) is 0 Å². The van der Waals surface area contributed by atoms with Crippen molar-refractivity contribution in [2.24, 2.45) is 0 Å². The van der Waals surface area contributed by atoms with Crippen LogP contribution in [0.1, 0.15) is 17.8 Å². The third-order valence-corrected chi connectivity index (χ3v) is 2.07. The predicted molar refractivity (Wildman–Crippen MR) is 41.9 cm³/mol. The molecule has 1 rings (SSSR count). The summed E-state index contributed by atoms with van der Waals surface area (Å²) in [6, 6.07) is 0.317. The fourth-order valence-electron chi connectivity index (χ4n) is 0.833. The van der Waals surface area contributed by atoms with Crippen LogP contribution in [0.25, 0.3) is 0 Å². The Balaban J connectivity index is 3.37. The number of hydrogen-bond donors (Lipinski definition) is 0. The molecule has 0 aliphatic rings. The number of hydrogen-bond acceptors (Lipinski definition) is 1. The standard InChI is InChI=1S/C7H2BrF6N/c8-2-1-3(9)5(7(12,13)14)15-4(2)6(10)11/h1,6H. The molecule has 0 atom stereocenters. The molecule has 8 heteroatoms. The normalized spacial score (nSPS) is 12.3. The van der Waals surface area contributed by atoms with Crippen molar-refractivity contribution in [3.8, 4) is 0 Å². The van der Waals surface area contributed by atoms with Gasteiger partial charge < -0.3 is 0 Å². The number of halogens is 7. The first kappa shape index (κ1) is 12.3. The molecule has 1 nitrogen and oxygen atoms in total. The van der Waals surface area contributed by atoms with Gasteiger partial charge in [-0.05, 0) is 22.0 Å². The van der Waals surface area contributed by atoms with Crippen LogP contribution in [0.15, 0.2) is 10.5 Å². The minimum absolute atomic E-state index is 0.317. The topological polar surface area (TPSA) is 12.9 Å². The fourth-order valence-corrected chi connectivity index (χ4v) is 1.30. The van der Waals surface area contributed by atoms with Gasteiger partial charge >= 0.3 is 6.18 Å². The van der Waals surface area contributed by atoms with E-state index < -0.39 is 34.3 Å². The average Bonchev–Trinajstić information content (AvgIpc) is 2.00. The third kappa shape index (κ3) is 2.61. The zero-order chi connectivity index (χ0) is 11.8. The Bertz CT molecular complexity index is 374. The first-order valence-electron chi connectivity index (χ1n) is 3.44. The lowest BCUT2D eigenvalue weighted by Crippen LogP contribution is -2.13. The molecule has 0 bridgehead atoms. The number of pyridine rings is 1. The Morgan fingerprint density at radius 2 is 1.80 bits per heavy atom. The summed E-state index contributed by atoms with van der Waals surface area (Å²) in [5, 5.41) is 0. The van der Waals surface area contributed by atoms with Gasteiger partial charge in [0.05, 0.1) is 0 Å². The highest BCUT2D eigenvalue weighted by atomic mass is 79.9. The SMILES string of the molecule is Fc1cc(Br)c(C(F)F)nc1C(F)(F)F. The summed E-state index contributed by atoms with van der Waals surface area (Å²) in [6.45, 7) is 0. The van der Waals surface area contributed by atoms with E-state index in [0.29, 0.717) is 6.07 Å². The molecule has 0 saturated heterocycles. The molecule has 0 amide bonds. The summed E-state index contributed by atoms with van der Waals surface area (Å²) in [7, 11) is 0. The van der Waals surface area contributed by atoms with Gasteiger partial charge in [0, 0.05) is 4.47 Å². The van der Waals surface area contributed by atoms with Crippen molar-refractivity contribution in [2.45, 2.75) is 12.6 Å². The number of alkyl halides is 5. The lowest BCUT2D eigenvalue weighted by Gasteiger charge is -2.10.